The monoisotopic (exact) mass is 295 g/mol. The predicted molar refractivity (Wildman–Crippen MR) is 67.0 cm³/mol. The van der Waals surface area contributed by atoms with Gasteiger partial charge in [-0.3, -0.25) is 4.98 Å². The average Bonchev–Trinajstić information content (AvgIpc) is 2.35. The number of benzene rings is 1. The van der Waals surface area contributed by atoms with E-state index in [-0.39, 0.29) is 5.82 Å². The molecule has 0 radical (unpaired) electrons. The van der Waals surface area contributed by atoms with Gasteiger partial charge in [0.25, 0.3) is 0 Å². The van der Waals surface area contributed by atoms with Crippen LogP contribution in [0.3, 0.4) is 0 Å². The Hall–Kier alpha value is -1.26. The van der Waals surface area contributed by atoms with Crippen LogP contribution in [0.1, 0.15) is 17.2 Å². The van der Waals surface area contributed by atoms with E-state index in [1.165, 1.54) is 6.07 Å². The van der Waals surface area contributed by atoms with E-state index < -0.39 is 6.10 Å². The lowest BCUT2D eigenvalue weighted by atomic mass is 10.0. The highest BCUT2D eigenvalue weighted by Crippen LogP contribution is 2.21. The summed E-state index contributed by atoms with van der Waals surface area (Å²) >= 11 is 3.12. The van der Waals surface area contributed by atoms with Gasteiger partial charge in [-0.25, -0.2) is 4.39 Å². The van der Waals surface area contributed by atoms with Crippen LogP contribution in [0.4, 0.5) is 4.39 Å². The van der Waals surface area contributed by atoms with Crippen molar-refractivity contribution in [1.29, 1.82) is 0 Å². The van der Waals surface area contributed by atoms with Gasteiger partial charge in [-0.1, -0.05) is 12.1 Å². The lowest BCUT2D eigenvalue weighted by Crippen LogP contribution is -2.02. The van der Waals surface area contributed by atoms with Crippen molar-refractivity contribution in [3.05, 3.63) is 64.1 Å². The van der Waals surface area contributed by atoms with E-state index in [0.29, 0.717) is 10.9 Å². The molecule has 0 aliphatic rings. The van der Waals surface area contributed by atoms with E-state index in [1.54, 1.807) is 30.6 Å². The Morgan fingerprint density at radius 1 is 1.35 bits per heavy atom. The highest BCUT2D eigenvalue weighted by atomic mass is 79.9. The number of pyridine rings is 1. The molecule has 1 atom stereocenters. The van der Waals surface area contributed by atoms with Gasteiger partial charge in [0.1, 0.15) is 5.82 Å². The summed E-state index contributed by atoms with van der Waals surface area (Å²) in [6.07, 6.45) is 3.10. The Morgan fingerprint density at radius 2 is 2.18 bits per heavy atom. The van der Waals surface area contributed by atoms with Crippen LogP contribution in [-0.2, 0) is 6.42 Å². The predicted octanol–water partition coefficient (Wildman–Crippen LogP) is 3.26. The highest BCUT2D eigenvalue weighted by molar-refractivity contribution is 9.10. The van der Waals surface area contributed by atoms with Gasteiger partial charge >= 0.3 is 0 Å². The molecular formula is C13H11BrFNO. The van der Waals surface area contributed by atoms with Crippen LogP contribution in [-0.4, -0.2) is 10.1 Å². The molecule has 0 amide bonds. The highest BCUT2D eigenvalue weighted by Gasteiger charge is 2.09. The molecule has 2 nitrogen and oxygen atoms in total. The Bertz CT molecular complexity index is 504. The van der Waals surface area contributed by atoms with Gasteiger partial charge in [0, 0.05) is 18.8 Å². The number of hydrogen-bond acceptors (Lipinski definition) is 2. The van der Waals surface area contributed by atoms with Crippen LogP contribution in [0.5, 0.6) is 0 Å². The van der Waals surface area contributed by atoms with Gasteiger partial charge in [-0.2, -0.15) is 0 Å². The Kier molecular flexibility index (Phi) is 3.86. The fraction of sp³-hybridized carbons (Fsp3) is 0.154. The third-order valence-corrected chi connectivity index (χ3v) is 3.09. The van der Waals surface area contributed by atoms with Gasteiger partial charge in [0.2, 0.25) is 0 Å². The molecule has 1 aromatic heterocycles. The molecule has 88 valence electrons. The summed E-state index contributed by atoms with van der Waals surface area (Å²) in [5.41, 5.74) is 1.63. The minimum atomic E-state index is -0.624. The summed E-state index contributed by atoms with van der Waals surface area (Å²) < 4.78 is 13.5. The second-order valence-electron chi connectivity index (χ2n) is 3.75. The fourth-order valence-electron chi connectivity index (χ4n) is 1.58. The molecule has 4 heteroatoms. The molecular weight excluding hydrogens is 285 g/mol. The minimum absolute atomic E-state index is 0.301. The molecule has 1 heterocycles. The van der Waals surface area contributed by atoms with E-state index in [0.717, 1.165) is 11.1 Å². The summed E-state index contributed by atoms with van der Waals surface area (Å²) in [5, 5.41) is 9.99. The molecule has 1 N–H and O–H groups in total. The normalized spacial score (nSPS) is 12.4. The molecule has 0 saturated heterocycles. The molecule has 0 aliphatic heterocycles. The first-order chi connectivity index (χ1) is 8.16. The van der Waals surface area contributed by atoms with Gasteiger partial charge < -0.3 is 5.11 Å². The van der Waals surface area contributed by atoms with Crippen LogP contribution >= 0.6 is 15.9 Å². The number of rotatable bonds is 3. The molecule has 1 aromatic carbocycles. The molecule has 17 heavy (non-hydrogen) atoms. The average molecular weight is 296 g/mol. The summed E-state index contributed by atoms with van der Waals surface area (Å²) in [4.78, 5) is 3.95. The Labute approximate surface area is 107 Å². The smallest absolute Gasteiger partial charge is 0.137 e. The molecule has 0 bridgehead atoms. The lowest BCUT2D eigenvalue weighted by Gasteiger charge is -2.10. The van der Waals surface area contributed by atoms with Crippen molar-refractivity contribution in [3.8, 4) is 0 Å². The third kappa shape index (κ3) is 3.11. The van der Waals surface area contributed by atoms with E-state index in [1.807, 2.05) is 6.07 Å². The zero-order chi connectivity index (χ0) is 12.3. The fourth-order valence-corrected chi connectivity index (χ4v) is 2.01. The van der Waals surface area contributed by atoms with E-state index in [4.69, 9.17) is 0 Å². The van der Waals surface area contributed by atoms with E-state index >= 15 is 0 Å². The van der Waals surface area contributed by atoms with E-state index in [2.05, 4.69) is 20.9 Å². The first-order valence-electron chi connectivity index (χ1n) is 5.19. The number of aliphatic hydroxyl groups is 1. The molecule has 0 spiro atoms. The third-order valence-electron chi connectivity index (χ3n) is 2.48. The summed E-state index contributed by atoms with van der Waals surface area (Å²) in [5.74, 6) is -0.301. The SMILES string of the molecule is OC(Cc1ccc(F)c(Br)c1)c1cccnc1. The second-order valence-corrected chi connectivity index (χ2v) is 4.61. The van der Waals surface area contributed by atoms with Crippen LogP contribution in [0.2, 0.25) is 0 Å². The van der Waals surface area contributed by atoms with Crippen LogP contribution in [0, 0.1) is 5.82 Å². The zero-order valence-corrected chi connectivity index (χ0v) is 10.6. The van der Waals surface area contributed by atoms with Crippen molar-refractivity contribution in [2.45, 2.75) is 12.5 Å². The maximum atomic E-state index is 13.0. The molecule has 1 unspecified atom stereocenters. The molecule has 0 fully saturated rings. The quantitative estimate of drug-likeness (QED) is 0.943. The molecule has 2 aromatic rings. The number of aromatic nitrogens is 1. The topological polar surface area (TPSA) is 33.1 Å². The van der Waals surface area contributed by atoms with Crippen molar-refractivity contribution >= 4 is 15.9 Å². The van der Waals surface area contributed by atoms with Gasteiger partial charge in [-0.05, 0) is 45.3 Å². The standard InChI is InChI=1S/C13H11BrFNO/c14-11-6-9(3-4-12(11)15)7-13(17)10-2-1-5-16-8-10/h1-6,8,13,17H,7H2. The molecule has 0 aliphatic carbocycles. The zero-order valence-electron chi connectivity index (χ0n) is 8.98. The maximum Gasteiger partial charge on any atom is 0.137 e. The molecule has 2 rings (SSSR count). The van der Waals surface area contributed by atoms with Crippen molar-refractivity contribution in [2.75, 3.05) is 0 Å². The van der Waals surface area contributed by atoms with Crippen LogP contribution in [0.15, 0.2) is 47.2 Å². The molecule has 0 saturated carbocycles. The summed E-state index contributed by atoms with van der Waals surface area (Å²) in [7, 11) is 0. The lowest BCUT2D eigenvalue weighted by molar-refractivity contribution is 0.178. The minimum Gasteiger partial charge on any atom is -0.388 e. The number of hydrogen-bond donors (Lipinski definition) is 1. The first kappa shape index (κ1) is 12.2. The van der Waals surface area contributed by atoms with E-state index in [9.17, 15) is 9.50 Å². The van der Waals surface area contributed by atoms with Crippen molar-refractivity contribution < 1.29 is 9.50 Å². The maximum absolute atomic E-state index is 13.0. The van der Waals surface area contributed by atoms with Crippen LogP contribution < -0.4 is 0 Å². The van der Waals surface area contributed by atoms with Crippen LogP contribution in [0.25, 0.3) is 0 Å². The first-order valence-corrected chi connectivity index (χ1v) is 5.98. The van der Waals surface area contributed by atoms with Gasteiger partial charge in [0.15, 0.2) is 0 Å². The van der Waals surface area contributed by atoms with Crippen molar-refractivity contribution in [3.63, 3.8) is 0 Å². The Morgan fingerprint density at radius 3 is 2.82 bits per heavy atom. The Balaban J connectivity index is 2.13. The van der Waals surface area contributed by atoms with Crippen molar-refractivity contribution in [1.82, 2.24) is 4.98 Å². The summed E-state index contributed by atoms with van der Waals surface area (Å²) in [6, 6.07) is 8.32. The number of nitrogens with zero attached hydrogens (tertiary/aromatic N) is 1. The largest absolute Gasteiger partial charge is 0.388 e. The van der Waals surface area contributed by atoms with Crippen molar-refractivity contribution in [2.24, 2.45) is 0 Å². The second kappa shape index (κ2) is 5.38. The summed E-state index contributed by atoms with van der Waals surface area (Å²) in [6.45, 7) is 0. The number of halogens is 2. The van der Waals surface area contributed by atoms with Gasteiger partial charge in [-0.15, -0.1) is 0 Å². The van der Waals surface area contributed by atoms with Gasteiger partial charge in [0.05, 0.1) is 10.6 Å². The number of aliphatic hydroxyl groups excluding tert-OH is 1.